The summed E-state index contributed by atoms with van der Waals surface area (Å²) in [6.07, 6.45) is 3.58. The van der Waals surface area contributed by atoms with Gasteiger partial charge in [-0.15, -0.1) is 0 Å². The second-order valence-electron chi connectivity index (χ2n) is 4.04. The van der Waals surface area contributed by atoms with E-state index < -0.39 is 0 Å². The van der Waals surface area contributed by atoms with Gasteiger partial charge >= 0.3 is 0 Å². The Morgan fingerprint density at radius 3 is 2.67 bits per heavy atom. The minimum absolute atomic E-state index is 0.164. The monoisotopic (exact) mass is 168 g/mol. The molecule has 0 spiro atoms. The molecule has 0 aromatic heterocycles. The summed E-state index contributed by atoms with van der Waals surface area (Å²) in [7, 11) is 0. The zero-order valence-electron chi connectivity index (χ0n) is 7.47. The van der Waals surface area contributed by atoms with Gasteiger partial charge in [0.05, 0.1) is 6.54 Å². The summed E-state index contributed by atoms with van der Waals surface area (Å²) < 4.78 is 0. The molecule has 0 heterocycles. The van der Waals surface area contributed by atoms with E-state index in [-0.39, 0.29) is 5.91 Å². The van der Waals surface area contributed by atoms with Crippen LogP contribution in [0.15, 0.2) is 0 Å². The lowest BCUT2D eigenvalue weighted by atomic mass is 10.4. The fourth-order valence-corrected chi connectivity index (χ4v) is 1.34. The van der Waals surface area contributed by atoms with Gasteiger partial charge in [0, 0.05) is 12.1 Å². The van der Waals surface area contributed by atoms with Gasteiger partial charge in [-0.05, 0) is 25.2 Å². The first kappa shape index (κ1) is 8.05. The van der Waals surface area contributed by atoms with Crippen molar-refractivity contribution in [2.45, 2.75) is 38.3 Å². The summed E-state index contributed by atoms with van der Waals surface area (Å²) in [4.78, 5) is 11.2. The molecule has 0 aromatic rings. The van der Waals surface area contributed by atoms with Gasteiger partial charge in [0.15, 0.2) is 0 Å². The highest BCUT2D eigenvalue weighted by molar-refractivity contribution is 5.78. The van der Waals surface area contributed by atoms with Crippen molar-refractivity contribution < 1.29 is 4.79 Å². The van der Waals surface area contributed by atoms with Gasteiger partial charge in [0.25, 0.3) is 0 Å². The summed E-state index contributed by atoms with van der Waals surface area (Å²) in [6, 6.07) is 1.10. The van der Waals surface area contributed by atoms with Crippen LogP contribution in [0, 0.1) is 5.92 Å². The van der Waals surface area contributed by atoms with Crippen LogP contribution >= 0.6 is 0 Å². The molecule has 0 aliphatic heterocycles. The normalized spacial score (nSPS) is 33.1. The maximum absolute atomic E-state index is 11.2. The van der Waals surface area contributed by atoms with Crippen molar-refractivity contribution in [3.05, 3.63) is 0 Å². The molecule has 2 atom stereocenters. The molecule has 0 saturated heterocycles. The lowest BCUT2D eigenvalue weighted by Crippen LogP contribution is -2.36. The van der Waals surface area contributed by atoms with E-state index in [1.165, 1.54) is 19.3 Å². The van der Waals surface area contributed by atoms with Crippen LogP contribution in [0.5, 0.6) is 0 Å². The topological polar surface area (TPSA) is 41.1 Å². The van der Waals surface area contributed by atoms with Crippen LogP contribution < -0.4 is 10.6 Å². The van der Waals surface area contributed by atoms with E-state index in [9.17, 15) is 4.79 Å². The molecule has 2 unspecified atom stereocenters. The molecular weight excluding hydrogens is 152 g/mol. The summed E-state index contributed by atoms with van der Waals surface area (Å²) in [5, 5.41) is 6.18. The van der Waals surface area contributed by atoms with E-state index in [0.29, 0.717) is 18.6 Å². The molecule has 2 fully saturated rings. The number of rotatable bonds is 4. The van der Waals surface area contributed by atoms with Gasteiger partial charge in [-0.25, -0.2) is 0 Å². The average molecular weight is 168 g/mol. The summed E-state index contributed by atoms with van der Waals surface area (Å²) >= 11 is 0. The highest BCUT2D eigenvalue weighted by Crippen LogP contribution is 2.28. The molecule has 2 aliphatic rings. The Balaban J connectivity index is 1.56. The molecule has 2 aliphatic carbocycles. The molecule has 0 aromatic carbocycles. The Bertz CT molecular complexity index is 189. The van der Waals surface area contributed by atoms with E-state index in [0.717, 1.165) is 5.92 Å². The van der Waals surface area contributed by atoms with Crippen LogP contribution in [-0.4, -0.2) is 24.5 Å². The maximum Gasteiger partial charge on any atom is 0.234 e. The Hall–Kier alpha value is -0.570. The fourth-order valence-electron chi connectivity index (χ4n) is 1.34. The van der Waals surface area contributed by atoms with Gasteiger partial charge in [-0.1, -0.05) is 6.92 Å². The third-order valence-electron chi connectivity index (χ3n) is 2.58. The minimum atomic E-state index is 0.164. The van der Waals surface area contributed by atoms with Crippen molar-refractivity contribution in [3.63, 3.8) is 0 Å². The van der Waals surface area contributed by atoms with Crippen LogP contribution in [0.3, 0.4) is 0 Å². The largest absolute Gasteiger partial charge is 0.352 e. The third-order valence-corrected chi connectivity index (χ3v) is 2.58. The number of amides is 1. The van der Waals surface area contributed by atoms with Crippen LogP contribution in [-0.2, 0) is 4.79 Å². The van der Waals surface area contributed by atoms with Gasteiger partial charge < -0.3 is 10.6 Å². The predicted octanol–water partition coefficient (Wildman–Crippen LogP) is 0.263. The summed E-state index contributed by atoms with van der Waals surface area (Å²) in [5.74, 6) is 0.940. The molecule has 0 radical (unpaired) electrons. The molecule has 68 valence electrons. The van der Waals surface area contributed by atoms with Crippen molar-refractivity contribution in [3.8, 4) is 0 Å². The number of carbonyl (C=O) groups excluding carboxylic acids is 1. The van der Waals surface area contributed by atoms with E-state index in [2.05, 4.69) is 17.6 Å². The highest BCUT2D eigenvalue weighted by atomic mass is 16.2. The van der Waals surface area contributed by atoms with Crippen molar-refractivity contribution >= 4 is 5.91 Å². The maximum atomic E-state index is 11.2. The number of hydrogen-bond donors (Lipinski definition) is 2. The molecule has 3 nitrogen and oxygen atoms in total. The first-order chi connectivity index (χ1) is 5.75. The Labute approximate surface area is 72.9 Å². The second kappa shape index (κ2) is 3.05. The Morgan fingerprint density at radius 1 is 1.50 bits per heavy atom. The van der Waals surface area contributed by atoms with Gasteiger partial charge in [0.1, 0.15) is 0 Å². The third kappa shape index (κ3) is 2.21. The standard InChI is InChI=1S/C9H16N2O/c1-6-4-8(6)10-5-9(12)11-7-2-3-7/h6-8,10H,2-5H2,1H3,(H,11,12). The molecule has 0 bridgehead atoms. The quantitative estimate of drug-likeness (QED) is 0.632. The number of carbonyl (C=O) groups is 1. The van der Waals surface area contributed by atoms with E-state index in [1.807, 2.05) is 0 Å². The first-order valence-electron chi connectivity index (χ1n) is 4.78. The van der Waals surface area contributed by atoms with E-state index in [1.54, 1.807) is 0 Å². The Morgan fingerprint density at radius 2 is 2.17 bits per heavy atom. The molecule has 12 heavy (non-hydrogen) atoms. The van der Waals surface area contributed by atoms with E-state index in [4.69, 9.17) is 0 Å². The lowest BCUT2D eigenvalue weighted by molar-refractivity contribution is -0.120. The van der Waals surface area contributed by atoms with Gasteiger partial charge in [0.2, 0.25) is 5.91 Å². The molecular formula is C9H16N2O. The van der Waals surface area contributed by atoms with Crippen molar-refractivity contribution in [2.75, 3.05) is 6.54 Å². The smallest absolute Gasteiger partial charge is 0.234 e. The highest BCUT2D eigenvalue weighted by Gasteiger charge is 2.32. The lowest BCUT2D eigenvalue weighted by Gasteiger charge is -2.03. The average Bonchev–Trinajstić information content (AvgIpc) is 2.86. The number of nitrogens with one attached hydrogen (secondary N) is 2. The SMILES string of the molecule is CC1CC1NCC(=O)NC1CC1. The van der Waals surface area contributed by atoms with E-state index >= 15 is 0 Å². The second-order valence-corrected chi connectivity index (χ2v) is 4.04. The predicted molar refractivity (Wildman–Crippen MR) is 46.7 cm³/mol. The molecule has 2 saturated carbocycles. The fraction of sp³-hybridized carbons (Fsp3) is 0.889. The molecule has 2 rings (SSSR count). The van der Waals surface area contributed by atoms with Crippen molar-refractivity contribution in [1.82, 2.24) is 10.6 Å². The van der Waals surface area contributed by atoms with Crippen LogP contribution in [0.25, 0.3) is 0 Å². The first-order valence-corrected chi connectivity index (χ1v) is 4.78. The van der Waals surface area contributed by atoms with Crippen molar-refractivity contribution in [1.29, 1.82) is 0 Å². The van der Waals surface area contributed by atoms with Crippen molar-refractivity contribution in [2.24, 2.45) is 5.92 Å². The summed E-state index contributed by atoms with van der Waals surface area (Å²) in [6.45, 7) is 2.71. The van der Waals surface area contributed by atoms with Crippen LogP contribution in [0.1, 0.15) is 26.2 Å². The Kier molecular flexibility index (Phi) is 2.05. The molecule has 2 N–H and O–H groups in total. The minimum Gasteiger partial charge on any atom is -0.352 e. The van der Waals surface area contributed by atoms with Gasteiger partial charge in [-0.3, -0.25) is 4.79 Å². The molecule has 1 amide bonds. The number of hydrogen-bond acceptors (Lipinski definition) is 2. The molecule has 3 heteroatoms. The zero-order chi connectivity index (χ0) is 8.55. The zero-order valence-corrected chi connectivity index (χ0v) is 7.47. The van der Waals surface area contributed by atoms with Crippen LogP contribution in [0.4, 0.5) is 0 Å². The van der Waals surface area contributed by atoms with Gasteiger partial charge in [-0.2, -0.15) is 0 Å². The summed E-state index contributed by atoms with van der Waals surface area (Å²) in [5.41, 5.74) is 0. The van der Waals surface area contributed by atoms with Crippen LogP contribution in [0.2, 0.25) is 0 Å².